The fourth-order valence-electron chi connectivity index (χ4n) is 1.83. The van der Waals surface area contributed by atoms with Gasteiger partial charge >= 0.3 is 0 Å². The minimum absolute atomic E-state index is 0.125. The summed E-state index contributed by atoms with van der Waals surface area (Å²) in [4.78, 5) is 4.56. The Kier molecular flexibility index (Phi) is 2.21. The van der Waals surface area contributed by atoms with Crippen molar-refractivity contribution in [1.29, 1.82) is 0 Å². The molecule has 2 nitrogen and oxygen atoms in total. The topological polar surface area (TPSA) is 21.6 Å². The van der Waals surface area contributed by atoms with Crippen molar-refractivity contribution in [3.63, 3.8) is 0 Å². The van der Waals surface area contributed by atoms with E-state index in [1.54, 1.807) is 0 Å². The van der Waals surface area contributed by atoms with Gasteiger partial charge in [-0.2, -0.15) is 0 Å². The maximum atomic E-state index is 5.58. The Morgan fingerprint density at radius 2 is 2.12 bits per heavy atom. The van der Waals surface area contributed by atoms with Crippen LogP contribution in [0.1, 0.15) is 11.6 Å². The molecule has 0 spiro atoms. The molecule has 0 aromatic heterocycles. The minimum Gasteiger partial charge on any atom is -0.474 e. The third kappa shape index (κ3) is 1.60. The zero-order chi connectivity index (χ0) is 10.8. The Morgan fingerprint density at radius 3 is 2.88 bits per heavy atom. The molecule has 0 bridgehead atoms. The zero-order valence-electron chi connectivity index (χ0n) is 8.76. The van der Waals surface area contributed by atoms with E-state index in [0.717, 1.165) is 5.57 Å². The molecule has 2 heteroatoms. The molecule has 0 radical (unpaired) electrons. The Labute approximate surface area is 94.3 Å². The molecule has 2 aliphatic rings. The van der Waals surface area contributed by atoms with Crippen LogP contribution < -0.4 is 0 Å². The van der Waals surface area contributed by atoms with Crippen LogP contribution in [-0.2, 0) is 4.74 Å². The molecule has 78 valence electrons. The molecule has 0 N–H and O–H groups in total. The van der Waals surface area contributed by atoms with E-state index in [-0.39, 0.29) is 6.04 Å². The van der Waals surface area contributed by atoms with Crippen molar-refractivity contribution in [3.8, 4) is 0 Å². The first-order valence-electron chi connectivity index (χ1n) is 5.33. The Balaban J connectivity index is 1.87. The molecule has 1 aliphatic carbocycles. The van der Waals surface area contributed by atoms with E-state index in [9.17, 15) is 0 Å². The summed E-state index contributed by atoms with van der Waals surface area (Å²) >= 11 is 0. The molecule has 0 saturated heterocycles. The summed E-state index contributed by atoms with van der Waals surface area (Å²) in [5.41, 5.74) is 5.24. The second kappa shape index (κ2) is 3.84. The first-order valence-corrected chi connectivity index (χ1v) is 5.33. The molecule has 0 amide bonds. The number of benzene rings is 1. The second-order valence-electron chi connectivity index (χ2n) is 3.76. The number of ether oxygens (including phenoxy) is 1. The fourth-order valence-corrected chi connectivity index (χ4v) is 1.83. The van der Waals surface area contributed by atoms with Crippen LogP contribution in [0, 0.1) is 0 Å². The minimum atomic E-state index is 0.125. The summed E-state index contributed by atoms with van der Waals surface area (Å²) in [7, 11) is 0. The van der Waals surface area contributed by atoms with Gasteiger partial charge in [-0.25, -0.2) is 4.99 Å². The summed E-state index contributed by atoms with van der Waals surface area (Å²) in [6.07, 6.45) is 5.78. The van der Waals surface area contributed by atoms with Crippen LogP contribution in [0.15, 0.2) is 64.9 Å². The van der Waals surface area contributed by atoms with Gasteiger partial charge in [0.1, 0.15) is 12.6 Å². The van der Waals surface area contributed by atoms with Crippen molar-refractivity contribution in [1.82, 2.24) is 0 Å². The number of aliphatic imine (C=N–C) groups is 1. The lowest BCUT2D eigenvalue weighted by molar-refractivity contribution is 0.320. The van der Waals surface area contributed by atoms with Crippen molar-refractivity contribution in [2.24, 2.45) is 4.99 Å². The van der Waals surface area contributed by atoms with E-state index >= 15 is 0 Å². The smallest absolute Gasteiger partial charge is 0.224 e. The first kappa shape index (κ1) is 9.20. The first-order chi connectivity index (χ1) is 7.93. The Bertz CT molecular complexity index is 519. The normalized spacial score (nSPS) is 21.9. The van der Waals surface area contributed by atoms with E-state index in [1.165, 1.54) is 5.56 Å². The lowest BCUT2D eigenvalue weighted by atomic mass is 10.1. The SMILES string of the molecule is C1=CC=CC=1C1=N[C@H](c2ccccc2)CO1. The van der Waals surface area contributed by atoms with Gasteiger partial charge in [0.05, 0.1) is 5.57 Å². The van der Waals surface area contributed by atoms with Crippen LogP contribution in [-0.4, -0.2) is 12.5 Å². The van der Waals surface area contributed by atoms with Gasteiger partial charge in [-0.1, -0.05) is 36.4 Å². The largest absolute Gasteiger partial charge is 0.474 e. The molecular formula is C14H11NO. The van der Waals surface area contributed by atoms with Gasteiger partial charge in [0.25, 0.3) is 0 Å². The van der Waals surface area contributed by atoms with Crippen LogP contribution in [0.25, 0.3) is 0 Å². The molecule has 1 aromatic rings. The number of nitrogens with zero attached hydrogens (tertiary/aromatic N) is 1. The lowest BCUT2D eigenvalue weighted by Gasteiger charge is -2.03. The van der Waals surface area contributed by atoms with E-state index in [1.807, 2.05) is 36.4 Å². The van der Waals surface area contributed by atoms with Crippen molar-refractivity contribution in [2.75, 3.05) is 6.61 Å². The average Bonchev–Trinajstić information content (AvgIpc) is 3.01. The van der Waals surface area contributed by atoms with Crippen LogP contribution >= 0.6 is 0 Å². The Hall–Kier alpha value is -2.05. The van der Waals surface area contributed by atoms with Crippen LogP contribution in [0.5, 0.6) is 0 Å². The molecule has 1 heterocycles. The highest BCUT2D eigenvalue weighted by molar-refractivity contribution is 5.97. The molecule has 16 heavy (non-hydrogen) atoms. The third-order valence-corrected chi connectivity index (χ3v) is 2.66. The highest BCUT2D eigenvalue weighted by atomic mass is 16.5. The monoisotopic (exact) mass is 209 g/mol. The number of hydrogen-bond acceptors (Lipinski definition) is 2. The molecule has 1 atom stereocenters. The van der Waals surface area contributed by atoms with Gasteiger partial charge in [0, 0.05) is 0 Å². The maximum Gasteiger partial charge on any atom is 0.224 e. The molecule has 0 unspecified atom stereocenters. The van der Waals surface area contributed by atoms with Crippen molar-refractivity contribution in [2.45, 2.75) is 6.04 Å². The zero-order valence-corrected chi connectivity index (χ0v) is 8.76. The average molecular weight is 209 g/mol. The van der Waals surface area contributed by atoms with E-state index in [2.05, 4.69) is 22.9 Å². The highest BCUT2D eigenvalue weighted by Crippen LogP contribution is 2.25. The standard InChI is InChI=1S/C14H11NO/c1-2-6-11(7-3-1)13-10-16-14(15-13)12-8-4-5-9-12/h1-8,13H,10H2/t13-/m0/s1. The third-order valence-electron chi connectivity index (χ3n) is 2.66. The van der Waals surface area contributed by atoms with Crippen molar-refractivity contribution in [3.05, 3.63) is 65.4 Å². The maximum absolute atomic E-state index is 5.58. The van der Waals surface area contributed by atoms with Gasteiger partial charge in [-0.05, 0) is 17.7 Å². The second-order valence-corrected chi connectivity index (χ2v) is 3.76. The van der Waals surface area contributed by atoms with Gasteiger partial charge < -0.3 is 4.74 Å². The number of allylic oxidation sites excluding steroid dienone is 1. The van der Waals surface area contributed by atoms with Gasteiger partial charge in [-0.3, -0.25) is 0 Å². The molecule has 3 rings (SSSR count). The van der Waals surface area contributed by atoms with Crippen LogP contribution in [0.4, 0.5) is 0 Å². The number of hydrogen-bond donors (Lipinski definition) is 0. The molecule has 1 aromatic carbocycles. The summed E-state index contributed by atoms with van der Waals surface area (Å²) in [6.45, 7) is 0.623. The van der Waals surface area contributed by atoms with Gasteiger partial charge in [-0.15, -0.1) is 5.73 Å². The predicted octanol–water partition coefficient (Wildman–Crippen LogP) is 2.81. The summed E-state index contributed by atoms with van der Waals surface area (Å²) in [6, 6.07) is 10.3. The predicted molar refractivity (Wildman–Crippen MR) is 63.3 cm³/mol. The van der Waals surface area contributed by atoms with E-state index < -0.39 is 0 Å². The van der Waals surface area contributed by atoms with Crippen molar-refractivity contribution >= 4 is 5.90 Å². The summed E-state index contributed by atoms with van der Waals surface area (Å²) in [5, 5.41) is 0. The van der Waals surface area contributed by atoms with Gasteiger partial charge in [0.2, 0.25) is 5.90 Å². The summed E-state index contributed by atoms with van der Waals surface area (Å²) in [5.74, 6) is 0.707. The highest BCUT2D eigenvalue weighted by Gasteiger charge is 2.22. The Morgan fingerprint density at radius 1 is 1.25 bits per heavy atom. The lowest BCUT2D eigenvalue weighted by Crippen LogP contribution is -2.00. The summed E-state index contributed by atoms with van der Waals surface area (Å²) < 4.78 is 5.58. The fraction of sp³-hybridized carbons (Fsp3) is 0.143. The van der Waals surface area contributed by atoms with E-state index in [4.69, 9.17) is 4.74 Å². The molecular weight excluding hydrogens is 198 g/mol. The molecule has 1 aliphatic heterocycles. The van der Waals surface area contributed by atoms with Crippen LogP contribution in [0.3, 0.4) is 0 Å². The molecule has 0 fully saturated rings. The molecule has 0 saturated carbocycles. The van der Waals surface area contributed by atoms with E-state index in [0.29, 0.717) is 12.5 Å². The van der Waals surface area contributed by atoms with Crippen LogP contribution in [0.2, 0.25) is 0 Å². The number of rotatable bonds is 2. The quantitative estimate of drug-likeness (QED) is 0.686. The van der Waals surface area contributed by atoms with Crippen molar-refractivity contribution < 1.29 is 4.74 Å². The van der Waals surface area contributed by atoms with Gasteiger partial charge in [0.15, 0.2) is 0 Å².